The lowest BCUT2D eigenvalue weighted by molar-refractivity contribution is -0.385. The second kappa shape index (κ2) is 6.50. The summed E-state index contributed by atoms with van der Waals surface area (Å²) in [6.45, 7) is 3.30. The molecule has 0 aliphatic rings. The fraction of sp³-hybridized carbons (Fsp3) is 0.333. The Morgan fingerprint density at radius 2 is 2.05 bits per heavy atom. The average molecular weight is 280 g/mol. The number of nitrogens with two attached hydrogens (primary N) is 1. The van der Waals surface area contributed by atoms with Crippen LogP contribution in [0, 0.1) is 10.1 Å². The number of nitro groups is 1. The number of amides is 2. The average Bonchev–Trinajstić information content (AvgIpc) is 2.34. The third-order valence-corrected chi connectivity index (χ3v) is 2.32. The molecule has 1 aromatic rings. The highest BCUT2D eigenvalue weighted by molar-refractivity contribution is 6.00. The maximum Gasteiger partial charge on any atom is 0.282 e. The van der Waals surface area contributed by atoms with Gasteiger partial charge < -0.3 is 16.4 Å². The first-order chi connectivity index (χ1) is 9.31. The minimum absolute atomic E-state index is 0.0545. The number of carbonyl (C=O) groups is 2. The van der Waals surface area contributed by atoms with E-state index in [1.165, 1.54) is 12.1 Å². The van der Waals surface area contributed by atoms with Crippen LogP contribution in [-0.2, 0) is 4.79 Å². The summed E-state index contributed by atoms with van der Waals surface area (Å²) >= 11 is 0. The molecule has 0 atom stereocenters. The summed E-state index contributed by atoms with van der Waals surface area (Å²) in [5.74, 6) is -1.09. The first-order valence-corrected chi connectivity index (χ1v) is 5.92. The number of carbonyl (C=O) groups excluding carboxylic acids is 2. The number of hydrogen-bond donors (Lipinski definition) is 3. The predicted molar refractivity (Wildman–Crippen MR) is 73.1 cm³/mol. The van der Waals surface area contributed by atoms with Crippen molar-refractivity contribution in [1.82, 2.24) is 10.6 Å². The third kappa shape index (κ3) is 4.23. The van der Waals surface area contributed by atoms with Gasteiger partial charge in [0.25, 0.3) is 11.6 Å². The van der Waals surface area contributed by atoms with E-state index in [0.29, 0.717) is 0 Å². The number of nitrogen functional groups attached to an aromatic ring is 1. The van der Waals surface area contributed by atoms with Gasteiger partial charge in [0.15, 0.2) is 0 Å². The second-order valence-electron chi connectivity index (χ2n) is 4.44. The standard InChI is InChI=1S/C12H16N4O4/c1-7(2)15-11(17)6-14-12(18)9-5-8(13)3-4-10(9)16(19)20/h3-5,7H,6,13H2,1-2H3,(H,14,18)(H,15,17). The lowest BCUT2D eigenvalue weighted by Gasteiger charge is -2.09. The Labute approximate surface area is 115 Å². The Morgan fingerprint density at radius 1 is 1.40 bits per heavy atom. The lowest BCUT2D eigenvalue weighted by Crippen LogP contribution is -2.39. The van der Waals surface area contributed by atoms with Crippen molar-refractivity contribution in [2.75, 3.05) is 12.3 Å². The Balaban J connectivity index is 2.80. The Hall–Kier alpha value is -2.64. The van der Waals surface area contributed by atoms with Gasteiger partial charge in [-0.2, -0.15) is 0 Å². The highest BCUT2D eigenvalue weighted by Crippen LogP contribution is 2.20. The molecule has 0 aliphatic heterocycles. The van der Waals surface area contributed by atoms with Gasteiger partial charge in [-0.15, -0.1) is 0 Å². The molecule has 0 saturated heterocycles. The van der Waals surface area contributed by atoms with Gasteiger partial charge in [0.05, 0.1) is 11.5 Å². The Morgan fingerprint density at radius 3 is 2.60 bits per heavy atom. The fourth-order valence-electron chi connectivity index (χ4n) is 1.52. The van der Waals surface area contributed by atoms with Gasteiger partial charge in [0.1, 0.15) is 5.56 Å². The van der Waals surface area contributed by atoms with Crippen molar-refractivity contribution in [2.45, 2.75) is 19.9 Å². The molecule has 8 heteroatoms. The molecule has 0 aliphatic carbocycles. The van der Waals surface area contributed by atoms with Crippen LogP contribution in [0.15, 0.2) is 18.2 Å². The molecular formula is C12H16N4O4. The van der Waals surface area contributed by atoms with Crippen LogP contribution in [0.2, 0.25) is 0 Å². The Kier molecular flexibility index (Phi) is 5.01. The number of rotatable bonds is 5. The van der Waals surface area contributed by atoms with Crippen LogP contribution in [0.4, 0.5) is 11.4 Å². The van der Waals surface area contributed by atoms with Gasteiger partial charge in [-0.1, -0.05) is 0 Å². The molecule has 0 heterocycles. The topological polar surface area (TPSA) is 127 Å². The molecule has 0 spiro atoms. The van der Waals surface area contributed by atoms with E-state index in [1.54, 1.807) is 13.8 Å². The zero-order chi connectivity index (χ0) is 15.3. The van der Waals surface area contributed by atoms with E-state index < -0.39 is 10.8 Å². The molecule has 4 N–H and O–H groups in total. The second-order valence-corrected chi connectivity index (χ2v) is 4.44. The van der Waals surface area contributed by atoms with Crippen LogP contribution in [-0.4, -0.2) is 29.3 Å². The molecule has 108 valence electrons. The lowest BCUT2D eigenvalue weighted by atomic mass is 10.1. The van der Waals surface area contributed by atoms with Crippen molar-refractivity contribution in [2.24, 2.45) is 0 Å². The van der Waals surface area contributed by atoms with Crippen LogP contribution in [0.5, 0.6) is 0 Å². The molecule has 0 bridgehead atoms. The van der Waals surface area contributed by atoms with Crippen LogP contribution >= 0.6 is 0 Å². The number of benzene rings is 1. The van der Waals surface area contributed by atoms with Crippen molar-refractivity contribution < 1.29 is 14.5 Å². The van der Waals surface area contributed by atoms with Gasteiger partial charge in [0.2, 0.25) is 5.91 Å². The van der Waals surface area contributed by atoms with Gasteiger partial charge in [-0.05, 0) is 26.0 Å². The number of nitrogens with one attached hydrogen (secondary N) is 2. The van der Waals surface area contributed by atoms with Gasteiger partial charge in [-0.3, -0.25) is 19.7 Å². The molecule has 0 aromatic heterocycles. The minimum Gasteiger partial charge on any atom is -0.399 e. The van der Waals surface area contributed by atoms with Crippen LogP contribution in [0.1, 0.15) is 24.2 Å². The highest BCUT2D eigenvalue weighted by Gasteiger charge is 2.20. The summed E-state index contributed by atoms with van der Waals surface area (Å²) in [6, 6.07) is 3.63. The molecule has 2 amide bonds. The molecule has 0 fully saturated rings. The van der Waals surface area contributed by atoms with E-state index in [0.717, 1.165) is 6.07 Å². The summed E-state index contributed by atoms with van der Waals surface area (Å²) in [6.07, 6.45) is 0. The fourth-order valence-corrected chi connectivity index (χ4v) is 1.52. The summed E-state index contributed by atoms with van der Waals surface area (Å²) < 4.78 is 0. The van der Waals surface area contributed by atoms with Crippen LogP contribution in [0.25, 0.3) is 0 Å². The molecule has 20 heavy (non-hydrogen) atoms. The van der Waals surface area contributed by atoms with Crippen molar-refractivity contribution in [3.05, 3.63) is 33.9 Å². The van der Waals surface area contributed by atoms with Crippen LogP contribution in [0.3, 0.4) is 0 Å². The van der Waals surface area contributed by atoms with Crippen molar-refractivity contribution in [3.8, 4) is 0 Å². The van der Waals surface area contributed by atoms with Crippen LogP contribution < -0.4 is 16.4 Å². The van der Waals surface area contributed by atoms with Crippen molar-refractivity contribution in [1.29, 1.82) is 0 Å². The zero-order valence-corrected chi connectivity index (χ0v) is 11.2. The van der Waals surface area contributed by atoms with Gasteiger partial charge >= 0.3 is 0 Å². The first kappa shape index (κ1) is 15.4. The molecule has 1 aromatic carbocycles. The quantitative estimate of drug-likeness (QED) is 0.409. The maximum atomic E-state index is 11.9. The summed E-state index contributed by atoms with van der Waals surface area (Å²) in [5, 5.41) is 15.7. The SMILES string of the molecule is CC(C)NC(=O)CNC(=O)c1cc(N)ccc1[N+](=O)[O-]. The minimum atomic E-state index is -0.720. The molecule has 0 unspecified atom stereocenters. The summed E-state index contributed by atoms with van der Waals surface area (Å²) in [7, 11) is 0. The van der Waals surface area contributed by atoms with E-state index >= 15 is 0 Å². The molecular weight excluding hydrogens is 264 g/mol. The van der Waals surface area contributed by atoms with E-state index in [9.17, 15) is 19.7 Å². The normalized spacial score (nSPS) is 10.2. The maximum absolute atomic E-state index is 11.9. The van der Waals surface area contributed by atoms with Gasteiger partial charge in [-0.25, -0.2) is 0 Å². The summed E-state index contributed by atoms with van der Waals surface area (Å²) in [4.78, 5) is 33.4. The molecule has 8 nitrogen and oxygen atoms in total. The molecule has 1 rings (SSSR count). The third-order valence-electron chi connectivity index (χ3n) is 2.32. The number of anilines is 1. The molecule has 0 radical (unpaired) electrons. The summed E-state index contributed by atoms with van der Waals surface area (Å²) in [5.41, 5.74) is 5.20. The van der Waals surface area contributed by atoms with Crippen molar-refractivity contribution >= 4 is 23.2 Å². The number of nitrogens with zero attached hydrogens (tertiary/aromatic N) is 1. The predicted octanol–water partition coefficient (Wildman–Crippen LogP) is 0.431. The van der Waals surface area contributed by atoms with E-state index in [-0.39, 0.29) is 35.4 Å². The molecule has 0 saturated carbocycles. The van der Waals surface area contributed by atoms with E-state index in [4.69, 9.17) is 5.73 Å². The smallest absolute Gasteiger partial charge is 0.282 e. The van der Waals surface area contributed by atoms with Gasteiger partial charge in [0, 0.05) is 17.8 Å². The number of nitro benzene ring substituents is 1. The largest absolute Gasteiger partial charge is 0.399 e. The monoisotopic (exact) mass is 280 g/mol. The van der Waals surface area contributed by atoms with E-state index in [2.05, 4.69) is 10.6 Å². The van der Waals surface area contributed by atoms with Crippen molar-refractivity contribution in [3.63, 3.8) is 0 Å². The highest BCUT2D eigenvalue weighted by atomic mass is 16.6. The van der Waals surface area contributed by atoms with E-state index in [1.807, 2.05) is 0 Å². The Bertz CT molecular complexity index is 542. The zero-order valence-electron chi connectivity index (χ0n) is 11.2. The number of hydrogen-bond acceptors (Lipinski definition) is 5. The first-order valence-electron chi connectivity index (χ1n) is 5.92.